The maximum atomic E-state index is 11.2. The number of carbonyl (C=O) groups is 1. The van der Waals surface area contributed by atoms with Gasteiger partial charge in [0.05, 0.1) is 16.6 Å². The Morgan fingerprint density at radius 1 is 1.38 bits per heavy atom. The molecule has 2 aromatic rings. The van der Waals surface area contributed by atoms with Crippen molar-refractivity contribution < 1.29 is 9.90 Å². The molecule has 1 atom stereocenters. The average molecular weight is 302 g/mol. The first-order chi connectivity index (χ1) is 10.2. The Kier molecular flexibility index (Phi) is 3.17. The van der Waals surface area contributed by atoms with Gasteiger partial charge < -0.3 is 9.67 Å². The molecule has 110 valence electrons. The van der Waals surface area contributed by atoms with Crippen molar-refractivity contribution in [3.63, 3.8) is 0 Å². The van der Waals surface area contributed by atoms with Crippen LogP contribution < -0.4 is 0 Å². The van der Waals surface area contributed by atoms with Crippen LogP contribution in [0.4, 0.5) is 0 Å². The minimum Gasteiger partial charge on any atom is -0.478 e. The zero-order valence-electron chi connectivity index (χ0n) is 11.8. The number of benzene rings is 1. The Hall–Kier alpha value is -1.49. The molecule has 21 heavy (non-hydrogen) atoms. The second-order valence-electron chi connectivity index (χ2n) is 6.09. The smallest absolute Gasteiger partial charge is 0.335 e. The van der Waals surface area contributed by atoms with Crippen molar-refractivity contribution in [1.29, 1.82) is 0 Å². The van der Waals surface area contributed by atoms with E-state index in [2.05, 4.69) is 4.57 Å². The number of nitrogens with zero attached hydrogens (tertiary/aromatic N) is 2. The zero-order valence-corrected chi connectivity index (χ0v) is 12.6. The molecule has 1 aromatic heterocycles. The molecule has 0 bridgehead atoms. The van der Waals surface area contributed by atoms with E-state index in [0.717, 1.165) is 17.6 Å². The lowest BCUT2D eigenvalue weighted by molar-refractivity contribution is 0.0697. The molecule has 2 fully saturated rings. The largest absolute Gasteiger partial charge is 0.478 e. The highest BCUT2D eigenvalue weighted by Gasteiger charge is 2.31. The Morgan fingerprint density at radius 3 is 2.90 bits per heavy atom. The lowest BCUT2D eigenvalue weighted by Crippen LogP contribution is -2.12. The number of imidazole rings is 1. The Balaban J connectivity index is 1.80. The summed E-state index contributed by atoms with van der Waals surface area (Å²) in [5, 5.41) is 9.21. The molecule has 1 aliphatic heterocycles. The summed E-state index contributed by atoms with van der Waals surface area (Å²) >= 11 is 2.02. The van der Waals surface area contributed by atoms with Crippen LogP contribution in [0.1, 0.15) is 41.4 Å². The first-order valence-corrected chi connectivity index (χ1v) is 8.69. The van der Waals surface area contributed by atoms with Crippen LogP contribution in [0.25, 0.3) is 11.0 Å². The predicted molar refractivity (Wildman–Crippen MR) is 84.1 cm³/mol. The van der Waals surface area contributed by atoms with Gasteiger partial charge >= 0.3 is 5.97 Å². The molecular formula is C16H18N2O2S. The van der Waals surface area contributed by atoms with E-state index in [1.165, 1.54) is 36.6 Å². The number of aromatic carboxylic acids is 1. The summed E-state index contributed by atoms with van der Waals surface area (Å²) < 4.78 is 2.30. The Bertz CT molecular complexity index is 700. The molecular weight excluding hydrogens is 284 g/mol. The third-order valence-corrected chi connectivity index (χ3v) is 5.66. The van der Waals surface area contributed by atoms with Crippen molar-refractivity contribution in [3.8, 4) is 0 Å². The average Bonchev–Trinajstić information content (AvgIpc) is 3.07. The molecule has 1 unspecified atom stereocenters. The first kappa shape index (κ1) is 13.2. The van der Waals surface area contributed by atoms with Gasteiger partial charge in [0.25, 0.3) is 0 Å². The molecule has 1 saturated heterocycles. The van der Waals surface area contributed by atoms with E-state index < -0.39 is 5.97 Å². The molecule has 2 aliphatic rings. The van der Waals surface area contributed by atoms with Gasteiger partial charge in [0.1, 0.15) is 5.82 Å². The summed E-state index contributed by atoms with van der Waals surface area (Å²) in [7, 11) is 0. The fraction of sp³-hybridized carbons (Fsp3) is 0.500. The zero-order chi connectivity index (χ0) is 14.4. The number of carboxylic acids is 1. The van der Waals surface area contributed by atoms with E-state index in [4.69, 9.17) is 4.98 Å². The van der Waals surface area contributed by atoms with Gasteiger partial charge in [-0.05, 0) is 54.9 Å². The van der Waals surface area contributed by atoms with Crippen LogP contribution in [0.3, 0.4) is 0 Å². The number of carboxylic acid groups (broad SMARTS) is 1. The fourth-order valence-corrected chi connectivity index (χ4v) is 4.38. The normalized spacial score (nSPS) is 22.0. The summed E-state index contributed by atoms with van der Waals surface area (Å²) in [6.45, 7) is 0.985. The minimum absolute atomic E-state index is 0.354. The van der Waals surface area contributed by atoms with E-state index in [1.807, 2.05) is 17.8 Å². The number of aromatic nitrogens is 2. The lowest BCUT2D eigenvalue weighted by atomic mass is 10.1. The van der Waals surface area contributed by atoms with Crippen LogP contribution in [-0.2, 0) is 6.54 Å². The molecule has 0 spiro atoms. The summed E-state index contributed by atoms with van der Waals surface area (Å²) in [6.07, 6.45) is 3.69. The van der Waals surface area contributed by atoms with E-state index in [9.17, 15) is 9.90 Å². The van der Waals surface area contributed by atoms with E-state index in [1.54, 1.807) is 12.1 Å². The van der Waals surface area contributed by atoms with Crippen molar-refractivity contribution in [2.24, 2.45) is 5.92 Å². The van der Waals surface area contributed by atoms with Gasteiger partial charge in [-0.25, -0.2) is 9.78 Å². The van der Waals surface area contributed by atoms with E-state index in [-0.39, 0.29) is 0 Å². The Labute approximate surface area is 127 Å². The molecule has 1 aromatic carbocycles. The second-order valence-corrected chi connectivity index (χ2v) is 7.24. The number of hydrogen-bond donors (Lipinski definition) is 1. The number of rotatable bonds is 4. The number of thioether (sulfide) groups is 1. The van der Waals surface area contributed by atoms with Crippen LogP contribution in [0.15, 0.2) is 18.2 Å². The molecule has 1 saturated carbocycles. The standard InChI is InChI=1S/C16H18N2O2S/c19-16(20)12-3-4-13-14(7-12)18(8-10-5-6-21-9-10)15(17-13)11-1-2-11/h3-4,7,10-11H,1-2,5-6,8-9H2,(H,19,20). The SMILES string of the molecule is O=C(O)c1ccc2nc(C3CC3)n(CC3CCSC3)c2c1. The maximum absolute atomic E-state index is 11.2. The quantitative estimate of drug-likeness (QED) is 0.941. The van der Waals surface area contributed by atoms with Crippen molar-refractivity contribution in [1.82, 2.24) is 9.55 Å². The topological polar surface area (TPSA) is 55.1 Å². The monoisotopic (exact) mass is 302 g/mol. The second kappa shape index (κ2) is 5.05. The van der Waals surface area contributed by atoms with Crippen LogP contribution in [0.2, 0.25) is 0 Å². The fourth-order valence-electron chi connectivity index (χ4n) is 3.10. The summed E-state index contributed by atoms with van der Waals surface area (Å²) in [6, 6.07) is 5.30. The molecule has 4 rings (SSSR count). The Morgan fingerprint density at radius 2 is 2.24 bits per heavy atom. The minimum atomic E-state index is -0.867. The predicted octanol–water partition coefficient (Wildman–Crippen LogP) is 3.37. The maximum Gasteiger partial charge on any atom is 0.335 e. The molecule has 0 radical (unpaired) electrons. The highest BCUT2D eigenvalue weighted by atomic mass is 32.2. The third-order valence-electron chi connectivity index (χ3n) is 4.43. The van der Waals surface area contributed by atoms with Gasteiger partial charge in [-0.15, -0.1) is 0 Å². The van der Waals surface area contributed by atoms with Crippen LogP contribution in [0, 0.1) is 5.92 Å². The van der Waals surface area contributed by atoms with E-state index in [0.29, 0.717) is 17.4 Å². The first-order valence-electron chi connectivity index (χ1n) is 7.53. The van der Waals surface area contributed by atoms with Gasteiger partial charge in [0.15, 0.2) is 0 Å². The molecule has 4 nitrogen and oxygen atoms in total. The van der Waals surface area contributed by atoms with Crippen molar-refractivity contribution in [2.75, 3.05) is 11.5 Å². The van der Waals surface area contributed by atoms with Gasteiger partial charge in [0.2, 0.25) is 0 Å². The highest BCUT2D eigenvalue weighted by Crippen LogP contribution is 2.41. The summed E-state index contributed by atoms with van der Waals surface area (Å²) in [4.78, 5) is 16.0. The van der Waals surface area contributed by atoms with Gasteiger partial charge in [-0.3, -0.25) is 0 Å². The van der Waals surface area contributed by atoms with Crippen molar-refractivity contribution in [3.05, 3.63) is 29.6 Å². The number of fused-ring (bicyclic) bond motifs is 1. The van der Waals surface area contributed by atoms with E-state index >= 15 is 0 Å². The summed E-state index contributed by atoms with van der Waals surface area (Å²) in [5.74, 6) is 4.04. The third kappa shape index (κ3) is 2.44. The van der Waals surface area contributed by atoms with Gasteiger partial charge in [-0.1, -0.05) is 0 Å². The lowest BCUT2D eigenvalue weighted by Gasteiger charge is -2.13. The van der Waals surface area contributed by atoms with Crippen LogP contribution in [0.5, 0.6) is 0 Å². The molecule has 0 amide bonds. The van der Waals surface area contributed by atoms with Crippen molar-refractivity contribution >= 4 is 28.8 Å². The van der Waals surface area contributed by atoms with Crippen LogP contribution in [-0.4, -0.2) is 32.1 Å². The van der Waals surface area contributed by atoms with Crippen molar-refractivity contribution in [2.45, 2.75) is 31.7 Å². The molecule has 1 aliphatic carbocycles. The van der Waals surface area contributed by atoms with Gasteiger partial charge in [-0.2, -0.15) is 11.8 Å². The number of hydrogen-bond acceptors (Lipinski definition) is 3. The van der Waals surface area contributed by atoms with Crippen LogP contribution >= 0.6 is 11.8 Å². The molecule has 2 heterocycles. The van der Waals surface area contributed by atoms with Gasteiger partial charge in [0, 0.05) is 12.5 Å². The molecule has 5 heteroatoms. The highest BCUT2D eigenvalue weighted by molar-refractivity contribution is 7.99. The molecule has 1 N–H and O–H groups in total. The summed E-state index contributed by atoms with van der Waals surface area (Å²) in [5.41, 5.74) is 2.29.